The van der Waals surface area contributed by atoms with Gasteiger partial charge in [0.05, 0.1) is 18.0 Å². The van der Waals surface area contributed by atoms with E-state index in [0.29, 0.717) is 17.1 Å². The normalized spacial score (nSPS) is 14.8. The first-order chi connectivity index (χ1) is 12.2. The molecule has 0 bridgehead atoms. The Kier molecular flexibility index (Phi) is 9.43. The number of carbonyl (C=O) groups excluding carboxylic acids is 1. The predicted octanol–water partition coefficient (Wildman–Crippen LogP) is 3.08. The number of carbonyl (C=O) groups is 1. The lowest BCUT2D eigenvalue weighted by atomic mass is 9.98. The largest absolute Gasteiger partial charge is 0.488 e. The molecule has 0 radical (unpaired) electrons. The molecule has 0 aliphatic heterocycles. The Bertz CT molecular complexity index is 669. The number of anilines is 2. The quantitative estimate of drug-likeness (QED) is 0.697. The van der Waals surface area contributed by atoms with Crippen LogP contribution in [0.1, 0.15) is 52.4 Å². The second-order valence-corrected chi connectivity index (χ2v) is 8.18. The highest BCUT2D eigenvalue weighted by Gasteiger charge is 2.18. The molecule has 0 atom stereocenters. The summed E-state index contributed by atoms with van der Waals surface area (Å²) < 4.78 is 31.5. The van der Waals surface area contributed by atoms with Crippen molar-refractivity contribution in [3.8, 4) is 5.75 Å². The number of hydrogen-bond acceptors (Lipinski definition) is 5. The maximum Gasteiger partial charge on any atom is 0.229 e. The number of amides is 1. The van der Waals surface area contributed by atoms with E-state index in [4.69, 9.17) is 10.5 Å². The summed E-state index contributed by atoms with van der Waals surface area (Å²) in [5, 5.41) is 2.63. The van der Waals surface area contributed by atoms with Crippen LogP contribution in [0.25, 0.3) is 0 Å². The second kappa shape index (κ2) is 11.0. The predicted molar refractivity (Wildman–Crippen MR) is 106 cm³/mol. The molecule has 148 valence electrons. The summed E-state index contributed by atoms with van der Waals surface area (Å²) in [6, 6.07) is 4.96. The van der Waals surface area contributed by atoms with Gasteiger partial charge in [-0.05, 0) is 56.8 Å². The average Bonchev–Trinajstić information content (AvgIpc) is 2.56. The van der Waals surface area contributed by atoms with Gasteiger partial charge in [-0.3, -0.25) is 9.52 Å². The fourth-order valence-electron chi connectivity index (χ4n) is 2.56. The Morgan fingerprint density at radius 3 is 2.38 bits per heavy atom. The third kappa shape index (κ3) is 9.05. The minimum atomic E-state index is -3.43. The number of rotatable bonds is 6. The van der Waals surface area contributed by atoms with Crippen LogP contribution in [-0.2, 0) is 14.8 Å². The molecule has 0 aromatic heterocycles. The van der Waals surface area contributed by atoms with Gasteiger partial charge in [0.25, 0.3) is 0 Å². The molecule has 0 heterocycles. The molecule has 7 nitrogen and oxygen atoms in total. The van der Waals surface area contributed by atoms with Crippen molar-refractivity contribution in [3.05, 3.63) is 18.2 Å². The van der Waals surface area contributed by atoms with Crippen molar-refractivity contribution in [1.29, 1.82) is 0 Å². The molecule has 4 N–H and O–H groups in total. The van der Waals surface area contributed by atoms with E-state index in [9.17, 15) is 13.2 Å². The van der Waals surface area contributed by atoms with Crippen molar-refractivity contribution in [2.75, 3.05) is 22.8 Å². The van der Waals surface area contributed by atoms with Crippen LogP contribution >= 0.6 is 0 Å². The van der Waals surface area contributed by atoms with Crippen molar-refractivity contribution in [2.24, 2.45) is 5.73 Å². The van der Waals surface area contributed by atoms with E-state index >= 15 is 0 Å². The molecule has 1 aliphatic carbocycles. The summed E-state index contributed by atoms with van der Waals surface area (Å²) in [5.74, 6) is 0.276. The molecule has 1 aliphatic rings. The van der Waals surface area contributed by atoms with Crippen molar-refractivity contribution in [3.63, 3.8) is 0 Å². The fourth-order valence-corrected chi connectivity index (χ4v) is 3.11. The summed E-state index contributed by atoms with van der Waals surface area (Å²) in [7, 11) is -3.43. The lowest BCUT2D eigenvalue weighted by Gasteiger charge is -2.24. The zero-order valence-electron chi connectivity index (χ0n) is 15.9. The van der Waals surface area contributed by atoms with Crippen LogP contribution in [0.15, 0.2) is 18.2 Å². The Hall–Kier alpha value is -1.80. The van der Waals surface area contributed by atoms with E-state index in [2.05, 4.69) is 17.0 Å². The summed E-state index contributed by atoms with van der Waals surface area (Å²) in [5.41, 5.74) is 5.90. The molecule has 0 unspecified atom stereocenters. The minimum absolute atomic E-state index is 0.112. The second-order valence-electron chi connectivity index (χ2n) is 6.43. The number of nitrogens with one attached hydrogen (secondary N) is 2. The zero-order valence-corrected chi connectivity index (χ0v) is 16.7. The van der Waals surface area contributed by atoms with Crippen LogP contribution in [0.4, 0.5) is 11.4 Å². The molecule has 1 amide bonds. The number of benzene rings is 1. The Morgan fingerprint density at radius 2 is 1.88 bits per heavy atom. The molecule has 2 rings (SSSR count). The zero-order chi connectivity index (χ0) is 19.6. The van der Waals surface area contributed by atoms with Gasteiger partial charge in [0.15, 0.2) is 0 Å². The summed E-state index contributed by atoms with van der Waals surface area (Å²) >= 11 is 0. The van der Waals surface area contributed by atoms with Crippen molar-refractivity contribution >= 4 is 27.3 Å². The average molecular weight is 386 g/mol. The smallest absolute Gasteiger partial charge is 0.229 e. The minimum Gasteiger partial charge on any atom is -0.488 e. The first kappa shape index (κ1) is 22.2. The maximum absolute atomic E-state index is 11.5. The van der Waals surface area contributed by atoms with Crippen molar-refractivity contribution in [1.82, 2.24) is 0 Å². The van der Waals surface area contributed by atoms with Crippen LogP contribution in [0.2, 0.25) is 0 Å². The van der Waals surface area contributed by atoms with Gasteiger partial charge in [-0.15, -0.1) is 0 Å². The number of ether oxygens (including phenoxy) is 1. The molecule has 0 spiro atoms. The van der Waals surface area contributed by atoms with Crippen LogP contribution in [0, 0.1) is 0 Å². The molecule has 0 saturated heterocycles. The van der Waals surface area contributed by atoms with Crippen LogP contribution in [-0.4, -0.2) is 33.2 Å². The number of sulfonamides is 1. The fraction of sp³-hybridized carbons (Fsp3) is 0.611. The van der Waals surface area contributed by atoms with Gasteiger partial charge in [-0.1, -0.05) is 13.3 Å². The standard InChI is InChI=1S/C15H22N2O4S.C3H9N/c1-11(18)16-12-8-9-15(14(10-12)17-22(2,19)20)21-13-6-4-3-5-7-13;1-2-3-4/h8-10,13,17H,3-7H2,1-2H3,(H,16,18);2-4H2,1H3. The monoisotopic (exact) mass is 385 g/mol. The van der Waals surface area contributed by atoms with E-state index in [1.54, 1.807) is 18.2 Å². The van der Waals surface area contributed by atoms with Gasteiger partial charge in [-0.25, -0.2) is 8.42 Å². The number of hydrogen-bond donors (Lipinski definition) is 3. The molecule has 1 saturated carbocycles. The third-order valence-electron chi connectivity index (χ3n) is 3.73. The molecule has 8 heteroatoms. The van der Waals surface area contributed by atoms with Gasteiger partial charge in [0.1, 0.15) is 5.75 Å². The first-order valence-corrected chi connectivity index (χ1v) is 10.9. The van der Waals surface area contributed by atoms with E-state index in [0.717, 1.165) is 44.9 Å². The van der Waals surface area contributed by atoms with Crippen molar-refractivity contribution < 1.29 is 17.9 Å². The molecule has 1 aromatic carbocycles. The molecular formula is C18H31N3O4S. The van der Waals surface area contributed by atoms with Gasteiger partial charge < -0.3 is 15.8 Å². The summed E-state index contributed by atoms with van der Waals surface area (Å²) in [4.78, 5) is 11.1. The van der Waals surface area contributed by atoms with E-state index in [1.807, 2.05) is 0 Å². The van der Waals surface area contributed by atoms with Crippen LogP contribution in [0.3, 0.4) is 0 Å². The SMILES string of the molecule is CC(=O)Nc1ccc(OC2CCCCC2)c(NS(C)(=O)=O)c1.CCCN. The summed E-state index contributed by atoms with van der Waals surface area (Å²) in [6.45, 7) is 4.27. The number of nitrogens with two attached hydrogens (primary N) is 1. The topological polar surface area (TPSA) is 111 Å². The van der Waals surface area contributed by atoms with Crippen LogP contribution < -0.4 is 20.5 Å². The Morgan fingerprint density at radius 1 is 1.27 bits per heavy atom. The van der Waals surface area contributed by atoms with Crippen LogP contribution in [0.5, 0.6) is 5.75 Å². The van der Waals surface area contributed by atoms with Gasteiger partial charge >= 0.3 is 0 Å². The first-order valence-electron chi connectivity index (χ1n) is 9.01. The molecule has 26 heavy (non-hydrogen) atoms. The summed E-state index contributed by atoms with van der Waals surface area (Å²) in [6.07, 6.45) is 7.73. The molecular weight excluding hydrogens is 354 g/mol. The van der Waals surface area contributed by atoms with Gasteiger partial charge in [-0.2, -0.15) is 0 Å². The lowest BCUT2D eigenvalue weighted by Crippen LogP contribution is -2.21. The highest BCUT2D eigenvalue weighted by atomic mass is 32.2. The highest BCUT2D eigenvalue weighted by Crippen LogP contribution is 2.32. The molecule has 1 aromatic rings. The van der Waals surface area contributed by atoms with Gasteiger partial charge in [0, 0.05) is 12.6 Å². The highest BCUT2D eigenvalue weighted by molar-refractivity contribution is 7.92. The van der Waals surface area contributed by atoms with E-state index < -0.39 is 10.0 Å². The van der Waals surface area contributed by atoms with Gasteiger partial charge in [0.2, 0.25) is 15.9 Å². The Balaban J connectivity index is 0.000000765. The Labute approximate surface area is 156 Å². The van der Waals surface area contributed by atoms with E-state index in [1.165, 1.54) is 13.3 Å². The lowest BCUT2D eigenvalue weighted by molar-refractivity contribution is -0.114. The third-order valence-corrected chi connectivity index (χ3v) is 4.32. The van der Waals surface area contributed by atoms with E-state index in [-0.39, 0.29) is 12.0 Å². The molecule has 1 fully saturated rings. The van der Waals surface area contributed by atoms with Crippen molar-refractivity contribution in [2.45, 2.75) is 58.5 Å². The maximum atomic E-state index is 11.5.